The predicted octanol–water partition coefficient (Wildman–Crippen LogP) is 4.43. The van der Waals surface area contributed by atoms with E-state index in [0.717, 1.165) is 12.8 Å². The van der Waals surface area contributed by atoms with Crippen LogP contribution in [0.3, 0.4) is 0 Å². The van der Waals surface area contributed by atoms with Crippen LogP contribution >= 0.6 is 11.6 Å². The molecule has 216 valence electrons. The number of H-pyrrole nitrogens is 1. The number of hydrogen-bond donors (Lipinski definition) is 2. The third-order valence-corrected chi connectivity index (χ3v) is 6.63. The molecule has 14 heteroatoms. The van der Waals surface area contributed by atoms with Crippen LogP contribution < -0.4 is 15.6 Å². The molecule has 1 aromatic carbocycles. The van der Waals surface area contributed by atoms with Crippen LogP contribution in [0.5, 0.6) is 5.75 Å². The molecule has 1 aliphatic rings. The minimum Gasteiger partial charge on any atom is -0.489 e. The molecule has 0 atom stereocenters. The molecule has 2 N–H and O–H groups in total. The number of nitriles is 1. The van der Waals surface area contributed by atoms with Crippen molar-refractivity contribution in [2.45, 2.75) is 51.9 Å². The summed E-state index contributed by atoms with van der Waals surface area (Å²) in [6.45, 7) is 4.97. The fourth-order valence-corrected chi connectivity index (χ4v) is 4.60. The second-order valence-corrected chi connectivity index (χ2v) is 11.1. The number of pyridine rings is 1. The number of nitrogens with one attached hydrogen (secondary N) is 2. The van der Waals surface area contributed by atoms with Crippen molar-refractivity contribution in [1.29, 1.82) is 5.26 Å². The summed E-state index contributed by atoms with van der Waals surface area (Å²) in [5.74, 6) is -0.724. The van der Waals surface area contributed by atoms with Gasteiger partial charge in [0.15, 0.2) is 12.1 Å². The Morgan fingerprint density at radius 3 is 2.74 bits per heavy atom. The van der Waals surface area contributed by atoms with Gasteiger partial charge < -0.3 is 14.8 Å². The first-order valence-electron chi connectivity index (χ1n) is 12.9. The van der Waals surface area contributed by atoms with E-state index in [1.807, 2.05) is 6.07 Å². The number of fused-ring (bicyclic) bond motifs is 1. The maximum Gasteiger partial charge on any atom is 0.407 e. The van der Waals surface area contributed by atoms with Crippen LogP contribution in [-0.4, -0.2) is 49.0 Å². The van der Waals surface area contributed by atoms with Crippen LogP contribution in [0.15, 0.2) is 23.1 Å². The van der Waals surface area contributed by atoms with Crippen molar-refractivity contribution in [1.82, 2.24) is 30.3 Å². The van der Waals surface area contributed by atoms with Crippen LogP contribution in [0, 0.1) is 17.1 Å². The van der Waals surface area contributed by atoms with Crippen LogP contribution in [-0.2, 0) is 18.3 Å². The minimum absolute atomic E-state index is 0.0538. The number of nitrogens with zero attached hydrogens (tertiary/aromatic N) is 5. The van der Waals surface area contributed by atoms with E-state index >= 15 is 4.39 Å². The lowest BCUT2D eigenvalue weighted by atomic mass is 9.97. The first kappa shape index (κ1) is 28.7. The standard InChI is InChI=1S/C28H25ClFN7O5/c1-28(2,3)42-27(40)32-11-19-14-7-18(34-20(12-38)22(14)26(39)36-35-19)16-10-33-37(4)25(16)23-15(9-31)21(41-13-5-6-13)8-17(29)24(23)30/h7-8,10,12-13H,5-6,11H2,1-4H3,(H,32,40)(H,36,39). The van der Waals surface area contributed by atoms with E-state index in [0.29, 0.717) is 6.29 Å². The Morgan fingerprint density at radius 2 is 2.10 bits per heavy atom. The molecule has 0 saturated heterocycles. The Kier molecular flexibility index (Phi) is 7.42. The molecule has 3 heterocycles. The Labute approximate surface area is 243 Å². The van der Waals surface area contributed by atoms with Crippen molar-refractivity contribution in [2.24, 2.45) is 7.05 Å². The quantitative estimate of drug-likeness (QED) is 0.295. The lowest BCUT2D eigenvalue weighted by molar-refractivity contribution is 0.0523. The molecule has 0 radical (unpaired) electrons. The number of rotatable bonds is 7. The van der Waals surface area contributed by atoms with Crippen LogP contribution in [0.25, 0.3) is 33.3 Å². The summed E-state index contributed by atoms with van der Waals surface area (Å²) in [5, 5.41) is 23.2. The largest absolute Gasteiger partial charge is 0.489 e. The Hall–Kier alpha value is -4.83. The van der Waals surface area contributed by atoms with E-state index in [1.54, 1.807) is 27.8 Å². The number of benzene rings is 1. The molecule has 1 fully saturated rings. The summed E-state index contributed by atoms with van der Waals surface area (Å²) >= 11 is 6.24. The molecule has 1 amide bonds. The summed E-state index contributed by atoms with van der Waals surface area (Å²) < 4.78 is 28.1. The molecule has 42 heavy (non-hydrogen) atoms. The number of aromatic nitrogens is 5. The van der Waals surface area contributed by atoms with Crippen LogP contribution in [0.1, 0.15) is 55.4 Å². The molecule has 0 bridgehead atoms. The summed E-state index contributed by atoms with van der Waals surface area (Å²) in [6, 6.07) is 4.77. The number of aromatic amines is 1. The van der Waals surface area contributed by atoms with Gasteiger partial charge in [0.1, 0.15) is 28.7 Å². The number of aldehydes is 1. The molecule has 0 unspecified atom stereocenters. The van der Waals surface area contributed by atoms with Gasteiger partial charge in [-0.05, 0) is 39.7 Å². The molecule has 0 aliphatic heterocycles. The number of carbonyl (C=O) groups is 2. The number of alkyl carbamates (subject to hydrolysis) is 1. The van der Waals surface area contributed by atoms with E-state index in [2.05, 4.69) is 25.6 Å². The lowest BCUT2D eigenvalue weighted by Crippen LogP contribution is -2.32. The Balaban J connectivity index is 1.68. The average Bonchev–Trinajstić information content (AvgIpc) is 3.67. The van der Waals surface area contributed by atoms with E-state index in [4.69, 9.17) is 21.1 Å². The molecule has 1 saturated carbocycles. The zero-order valence-corrected chi connectivity index (χ0v) is 23.8. The number of ether oxygens (including phenoxy) is 2. The second kappa shape index (κ2) is 10.9. The van der Waals surface area contributed by atoms with Crippen molar-refractivity contribution < 1.29 is 23.5 Å². The van der Waals surface area contributed by atoms with Gasteiger partial charge in [0.2, 0.25) is 0 Å². The fraction of sp³-hybridized carbons (Fsp3) is 0.321. The zero-order chi connectivity index (χ0) is 30.3. The first-order chi connectivity index (χ1) is 19.9. The third-order valence-electron chi connectivity index (χ3n) is 6.35. The summed E-state index contributed by atoms with van der Waals surface area (Å²) in [5.41, 5.74) is -1.15. The highest BCUT2D eigenvalue weighted by Crippen LogP contribution is 2.42. The van der Waals surface area contributed by atoms with Crippen molar-refractivity contribution in [3.63, 3.8) is 0 Å². The topological polar surface area (TPSA) is 165 Å². The average molecular weight is 594 g/mol. The Bertz CT molecular complexity index is 1850. The smallest absolute Gasteiger partial charge is 0.407 e. The van der Waals surface area contributed by atoms with Gasteiger partial charge in [-0.2, -0.15) is 15.5 Å². The Morgan fingerprint density at radius 1 is 1.36 bits per heavy atom. The molecule has 12 nitrogen and oxygen atoms in total. The van der Waals surface area contributed by atoms with Crippen molar-refractivity contribution in [3.8, 4) is 34.3 Å². The fourth-order valence-electron chi connectivity index (χ4n) is 4.41. The van der Waals surface area contributed by atoms with Gasteiger partial charge in [0.05, 0.1) is 51.9 Å². The van der Waals surface area contributed by atoms with Gasteiger partial charge in [-0.1, -0.05) is 11.6 Å². The molecular formula is C28H25ClFN7O5. The minimum atomic E-state index is -0.863. The molecule has 0 spiro atoms. The van der Waals surface area contributed by atoms with Crippen LogP contribution in [0.4, 0.5) is 9.18 Å². The van der Waals surface area contributed by atoms with E-state index in [-0.39, 0.29) is 73.7 Å². The maximum absolute atomic E-state index is 15.7. The zero-order valence-electron chi connectivity index (χ0n) is 23.0. The second-order valence-electron chi connectivity index (χ2n) is 10.7. The van der Waals surface area contributed by atoms with Crippen molar-refractivity contribution >= 4 is 34.8 Å². The van der Waals surface area contributed by atoms with E-state index < -0.39 is 23.1 Å². The first-order valence-corrected chi connectivity index (χ1v) is 13.3. The summed E-state index contributed by atoms with van der Waals surface area (Å²) in [4.78, 5) is 41.5. The monoisotopic (exact) mass is 593 g/mol. The van der Waals surface area contributed by atoms with Gasteiger partial charge in [-0.25, -0.2) is 19.3 Å². The number of carbonyl (C=O) groups excluding carboxylic acids is 2. The maximum atomic E-state index is 15.7. The number of aryl methyl sites for hydroxylation is 1. The highest BCUT2D eigenvalue weighted by atomic mass is 35.5. The molecular weight excluding hydrogens is 569 g/mol. The number of halogens is 2. The highest BCUT2D eigenvalue weighted by Gasteiger charge is 2.30. The van der Waals surface area contributed by atoms with Crippen LogP contribution in [0.2, 0.25) is 5.02 Å². The number of hydrogen-bond acceptors (Lipinski definition) is 9. The summed E-state index contributed by atoms with van der Waals surface area (Å²) in [7, 11) is 1.55. The van der Waals surface area contributed by atoms with Gasteiger partial charge >= 0.3 is 6.09 Å². The van der Waals surface area contributed by atoms with E-state index in [1.165, 1.54) is 23.0 Å². The molecule has 3 aromatic heterocycles. The highest BCUT2D eigenvalue weighted by molar-refractivity contribution is 6.31. The van der Waals surface area contributed by atoms with Gasteiger partial charge in [0.25, 0.3) is 5.56 Å². The molecule has 5 rings (SSSR count). The summed E-state index contributed by atoms with van der Waals surface area (Å²) in [6.07, 6.45) is 2.60. The van der Waals surface area contributed by atoms with E-state index in [9.17, 15) is 19.6 Å². The SMILES string of the molecule is Cn1ncc(-c2cc3c(CNC(=O)OC(C)(C)C)n[nH]c(=O)c3c(C=O)n2)c1-c1c(F)c(Cl)cc(OC2CC2)c1C#N. The van der Waals surface area contributed by atoms with Crippen molar-refractivity contribution in [2.75, 3.05) is 0 Å². The van der Waals surface area contributed by atoms with Gasteiger partial charge in [0, 0.05) is 24.1 Å². The van der Waals surface area contributed by atoms with Gasteiger partial charge in [-0.3, -0.25) is 14.3 Å². The van der Waals surface area contributed by atoms with Crippen molar-refractivity contribution in [3.05, 3.63) is 56.5 Å². The lowest BCUT2D eigenvalue weighted by Gasteiger charge is -2.19. The third kappa shape index (κ3) is 5.53. The predicted molar refractivity (Wildman–Crippen MR) is 150 cm³/mol. The van der Waals surface area contributed by atoms with Gasteiger partial charge in [-0.15, -0.1) is 0 Å². The molecule has 1 aliphatic carbocycles. The normalized spacial score (nSPS) is 13.1. The molecule has 4 aromatic rings. The number of amides is 1.